The van der Waals surface area contributed by atoms with Gasteiger partial charge in [0, 0.05) is 42.1 Å². The fourth-order valence-corrected chi connectivity index (χ4v) is 5.69. The molecule has 29 heavy (non-hydrogen) atoms. The van der Waals surface area contributed by atoms with Crippen LogP contribution in [-0.4, -0.2) is 51.0 Å². The molecule has 152 valence electrons. The number of ether oxygens (including phenoxy) is 1. The van der Waals surface area contributed by atoms with E-state index in [1.54, 1.807) is 42.7 Å². The van der Waals surface area contributed by atoms with E-state index in [1.807, 2.05) is 29.6 Å². The highest BCUT2D eigenvalue weighted by Gasteiger charge is 2.29. The highest BCUT2D eigenvalue weighted by Crippen LogP contribution is 2.33. The highest BCUT2D eigenvalue weighted by molar-refractivity contribution is 7.89. The van der Waals surface area contributed by atoms with Crippen LogP contribution in [0.2, 0.25) is 5.02 Å². The summed E-state index contributed by atoms with van der Waals surface area (Å²) in [5.74, 6) is 0.781. The lowest BCUT2D eigenvalue weighted by Crippen LogP contribution is -2.48. The Morgan fingerprint density at radius 2 is 1.72 bits per heavy atom. The van der Waals surface area contributed by atoms with Crippen LogP contribution in [0.15, 0.2) is 58.8 Å². The average molecular weight is 450 g/mol. The number of halogens is 1. The third-order valence-electron chi connectivity index (χ3n) is 4.84. The van der Waals surface area contributed by atoms with E-state index < -0.39 is 10.0 Å². The molecule has 1 fully saturated rings. The summed E-state index contributed by atoms with van der Waals surface area (Å²) in [4.78, 5) is 7.14. The quantitative estimate of drug-likeness (QED) is 0.589. The van der Waals surface area contributed by atoms with Crippen molar-refractivity contribution in [2.45, 2.75) is 4.90 Å². The Morgan fingerprint density at radius 1 is 1.03 bits per heavy atom. The van der Waals surface area contributed by atoms with Crippen molar-refractivity contribution in [3.63, 3.8) is 0 Å². The molecule has 0 atom stereocenters. The van der Waals surface area contributed by atoms with E-state index in [-0.39, 0.29) is 4.90 Å². The molecule has 0 N–H and O–H groups in total. The zero-order valence-electron chi connectivity index (χ0n) is 15.8. The molecule has 2 aromatic carbocycles. The number of para-hydroxylation sites is 1. The third-order valence-corrected chi connectivity index (χ3v) is 7.90. The Balaban J connectivity index is 1.46. The molecule has 1 aliphatic rings. The van der Waals surface area contributed by atoms with E-state index in [0.717, 1.165) is 22.1 Å². The lowest BCUT2D eigenvalue weighted by molar-refractivity contribution is 0.385. The number of piperazine rings is 1. The summed E-state index contributed by atoms with van der Waals surface area (Å²) in [5, 5.41) is 3.40. The van der Waals surface area contributed by atoms with Crippen LogP contribution in [0.25, 0.3) is 11.3 Å². The predicted octanol–water partition coefficient (Wildman–Crippen LogP) is 3.98. The van der Waals surface area contributed by atoms with Gasteiger partial charge in [-0.1, -0.05) is 23.7 Å². The van der Waals surface area contributed by atoms with Gasteiger partial charge in [-0.2, -0.15) is 4.31 Å². The molecule has 4 rings (SSSR count). The summed E-state index contributed by atoms with van der Waals surface area (Å²) in [7, 11) is -1.87. The lowest BCUT2D eigenvalue weighted by Gasteiger charge is -2.33. The van der Waals surface area contributed by atoms with Gasteiger partial charge in [-0.15, -0.1) is 11.3 Å². The van der Waals surface area contributed by atoms with Gasteiger partial charge >= 0.3 is 0 Å². The third kappa shape index (κ3) is 4.11. The number of aromatic nitrogens is 1. The maximum atomic E-state index is 12.8. The fourth-order valence-electron chi connectivity index (χ4n) is 3.26. The van der Waals surface area contributed by atoms with Crippen LogP contribution >= 0.6 is 22.9 Å². The summed E-state index contributed by atoms with van der Waals surface area (Å²) in [6.45, 7) is 2.00. The minimum atomic E-state index is -3.52. The van der Waals surface area contributed by atoms with Gasteiger partial charge in [0.05, 0.1) is 17.7 Å². The number of hydrogen-bond donors (Lipinski definition) is 0. The number of anilines is 1. The highest BCUT2D eigenvalue weighted by atomic mass is 35.5. The van der Waals surface area contributed by atoms with Crippen LogP contribution < -0.4 is 9.64 Å². The summed E-state index contributed by atoms with van der Waals surface area (Å²) in [6, 6.07) is 14.1. The molecule has 1 aliphatic heterocycles. The first-order chi connectivity index (χ1) is 14.0. The summed E-state index contributed by atoms with van der Waals surface area (Å²) < 4.78 is 32.6. The Bertz CT molecular complexity index is 1090. The summed E-state index contributed by atoms with van der Waals surface area (Å²) in [6.07, 6.45) is 0. The zero-order chi connectivity index (χ0) is 20.4. The van der Waals surface area contributed by atoms with E-state index in [1.165, 1.54) is 4.31 Å². The number of nitrogens with zero attached hydrogens (tertiary/aromatic N) is 3. The maximum Gasteiger partial charge on any atom is 0.243 e. The second-order valence-corrected chi connectivity index (χ2v) is 9.77. The van der Waals surface area contributed by atoms with E-state index in [9.17, 15) is 8.42 Å². The summed E-state index contributed by atoms with van der Waals surface area (Å²) in [5.41, 5.74) is 1.81. The number of hydrogen-bond acceptors (Lipinski definition) is 6. The van der Waals surface area contributed by atoms with Crippen molar-refractivity contribution in [1.82, 2.24) is 9.29 Å². The molecule has 1 aromatic heterocycles. The van der Waals surface area contributed by atoms with Gasteiger partial charge in [0.25, 0.3) is 0 Å². The zero-order valence-corrected chi connectivity index (χ0v) is 18.2. The van der Waals surface area contributed by atoms with Crippen molar-refractivity contribution in [3.8, 4) is 17.0 Å². The molecule has 6 nitrogen and oxygen atoms in total. The first-order valence-electron chi connectivity index (χ1n) is 9.08. The van der Waals surface area contributed by atoms with Crippen molar-refractivity contribution in [1.29, 1.82) is 0 Å². The number of benzene rings is 2. The molecule has 0 saturated carbocycles. The Hall–Kier alpha value is -2.13. The van der Waals surface area contributed by atoms with Crippen LogP contribution in [0.3, 0.4) is 0 Å². The molecule has 0 bridgehead atoms. The monoisotopic (exact) mass is 449 g/mol. The molecule has 0 amide bonds. The molecule has 0 spiro atoms. The maximum absolute atomic E-state index is 12.8. The first-order valence-corrected chi connectivity index (χ1v) is 11.8. The second kappa shape index (κ2) is 8.31. The number of sulfonamides is 1. The van der Waals surface area contributed by atoms with Crippen molar-refractivity contribution in [2.24, 2.45) is 0 Å². The molecular weight excluding hydrogens is 430 g/mol. The fraction of sp³-hybridized carbons (Fsp3) is 0.250. The Kier molecular flexibility index (Phi) is 5.78. The van der Waals surface area contributed by atoms with Crippen molar-refractivity contribution in [2.75, 3.05) is 38.2 Å². The minimum absolute atomic E-state index is 0.267. The molecule has 2 heterocycles. The van der Waals surface area contributed by atoms with Crippen molar-refractivity contribution in [3.05, 3.63) is 58.9 Å². The summed E-state index contributed by atoms with van der Waals surface area (Å²) >= 11 is 7.42. The van der Waals surface area contributed by atoms with Gasteiger partial charge in [0.2, 0.25) is 10.0 Å². The van der Waals surface area contributed by atoms with Crippen LogP contribution in [0.4, 0.5) is 5.13 Å². The largest absolute Gasteiger partial charge is 0.496 e. The van der Waals surface area contributed by atoms with Gasteiger partial charge < -0.3 is 9.64 Å². The van der Waals surface area contributed by atoms with E-state index in [2.05, 4.69) is 4.90 Å². The molecule has 0 radical (unpaired) electrons. The number of thiazole rings is 1. The second-order valence-electron chi connectivity index (χ2n) is 6.56. The van der Waals surface area contributed by atoms with Gasteiger partial charge in [-0.05, 0) is 36.4 Å². The van der Waals surface area contributed by atoms with E-state index >= 15 is 0 Å². The standard InChI is InChI=1S/C20H20ClN3O3S2/c1-27-19-5-3-2-4-17(19)18-14-28-20(22-18)23-10-12-24(13-11-23)29(25,26)16-8-6-15(21)7-9-16/h2-9,14H,10-13H2,1H3. The van der Waals surface area contributed by atoms with Gasteiger partial charge in [0.15, 0.2) is 5.13 Å². The molecule has 9 heteroatoms. The number of methoxy groups -OCH3 is 1. The Morgan fingerprint density at radius 3 is 2.41 bits per heavy atom. The first kappa shape index (κ1) is 20.2. The Labute approximate surface area is 179 Å². The molecule has 0 aliphatic carbocycles. The predicted molar refractivity (Wildman–Crippen MR) is 117 cm³/mol. The normalized spacial score (nSPS) is 15.4. The van der Waals surface area contributed by atoms with Crippen LogP contribution in [0.5, 0.6) is 5.75 Å². The molecule has 1 saturated heterocycles. The van der Waals surface area contributed by atoms with Gasteiger partial charge in [-0.25, -0.2) is 13.4 Å². The van der Waals surface area contributed by atoms with Crippen LogP contribution in [0, 0.1) is 0 Å². The van der Waals surface area contributed by atoms with E-state index in [0.29, 0.717) is 31.2 Å². The average Bonchev–Trinajstić information content (AvgIpc) is 3.24. The van der Waals surface area contributed by atoms with E-state index in [4.69, 9.17) is 21.3 Å². The smallest absolute Gasteiger partial charge is 0.243 e. The van der Waals surface area contributed by atoms with Crippen LogP contribution in [-0.2, 0) is 10.0 Å². The molecule has 0 unspecified atom stereocenters. The molecular formula is C20H20ClN3O3S2. The molecule has 3 aromatic rings. The van der Waals surface area contributed by atoms with Crippen molar-refractivity contribution >= 4 is 38.1 Å². The SMILES string of the molecule is COc1ccccc1-c1csc(N2CCN(S(=O)(=O)c3ccc(Cl)cc3)CC2)n1. The van der Waals surface area contributed by atoms with Gasteiger partial charge in [-0.3, -0.25) is 0 Å². The van der Waals surface area contributed by atoms with Crippen molar-refractivity contribution < 1.29 is 13.2 Å². The number of rotatable bonds is 5. The van der Waals surface area contributed by atoms with Gasteiger partial charge in [0.1, 0.15) is 5.75 Å². The topological polar surface area (TPSA) is 62.7 Å². The van der Waals surface area contributed by atoms with Crippen LogP contribution in [0.1, 0.15) is 0 Å². The lowest BCUT2D eigenvalue weighted by atomic mass is 10.1. The minimum Gasteiger partial charge on any atom is -0.496 e.